The van der Waals surface area contributed by atoms with Crippen molar-refractivity contribution in [2.24, 2.45) is 0 Å². The molecule has 0 amide bonds. The van der Waals surface area contributed by atoms with Crippen molar-refractivity contribution in [3.05, 3.63) is 16.6 Å². The van der Waals surface area contributed by atoms with Gasteiger partial charge in [0.1, 0.15) is 0 Å². The van der Waals surface area contributed by atoms with E-state index >= 15 is 0 Å². The van der Waals surface area contributed by atoms with E-state index in [1.807, 2.05) is 0 Å². The van der Waals surface area contributed by atoms with E-state index in [0.717, 1.165) is 0 Å². The highest BCUT2D eigenvalue weighted by atomic mass is 32.1. The maximum atomic E-state index is 11.0. The van der Waals surface area contributed by atoms with Gasteiger partial charge in [0.2, 0.25) is 0 Å². The first-order valence-corrected chi connectivity index (χ1v) is 4.75. The summed E-state index contributed by atoms with van der Waals surface area (Å²) >= 11 is 1.28. The predicted molar refractivity (Wildman–Crippen MR) is 48.7 cm³/mol. The van der Waals surface area contributed by atoms with Crippen molar-refractivity contribution in [1.29, 1.82) is 0 Å². The van der Waals surface area contributed by atoms with E-state index in [1.165, 1.54) is 24.5 Å². The average molecular weight is 201 g/mol. The molecule has 1 aromatic rings. The molecule has 1 aromatic heterocycles. The summed E-state index contributed by atoms with van der Waals surface area (Å²) in [6.07, 6.45) is 1.52. The molecule has 4 nitrogen and oxygen atoms in total. The molecule has 0 radical (unpaired) electrons. The predicted octanol–water partition coefficient (Wildman–Crippen LogP) is 1.48. The van der Waals surface area contributed by atoms with Crippen LogP contribution in [0.3, 0.4) is 0 Å². The number of rotatable bonds is 4. The van der Waals surface area contributed by atoms with Crippen LogP contribution < -0.4 is 0 Å². The molecule has 0 spiro atoms. The lowest BCUT2D eigenvalue weighted by Gasteiger charge is -2.22. The monoisotopic (exact) mass is 201 g/mol. The molecule has 0 bridgehead atoms. The fraction of sp³-hybridized carbons (Fsp3) is 0.500. The number of hydrogen-bond donors (Lipinski definition) is 1. The van der Waals surface area contributed by atoms with Crippen molar-refractivity contribution in [2.75, 3.05) is 6.61 Å². The zero-order chi connectivity index (χ0) is 9.90. The number of ether oxygens (including phenoxy) is 1. The number of thiazole rings is 1. The van der Waals surface area contributed by atoms with Gasteiger partial charge in [0.05, 0.1) is 10.4 Å². The summed E-state index contributed by atoms with van der Waals surface area (Å²) in [5.74, 6) is -0.987. The van der Waals surface area contributed by atoms with Crippen LogP contribution in [0.25, 0.3) is 0 Å². The first kappa shape index (κ1) is 10.1. The summed E-state index contributed by atoms with van der Waals surface area (Å²) < 4.78 is 5.21. The third-order valence-electron chi connectivity index (χ3n) is 1.74. The van der Waals surface area contributed by atoms with Crippen LogP contribution in [0.4, 0.5) is 0 Å². The first-order chi connectivity index (χ1) is 6.11. The van der Waals surface area contributed by atoms with E-state index in [1.54, 1.807) is 12.4 Å². The van der Waals surface area contributed by atoms with Gasteiger partial charge in [-0.25, -0.2) is 4.79 Å². The minimum atomic E-state index is -1.25. The standard InChI is InChI=1S/C8H11NO3S/c1-3-12-8(2,7(10)11)6-4-9-5-13-6/h4-5H,3H2,1-2H3,(H,10,11). The maximum absolute atomic E-state index is 11.0. The Hall–Kier alpha value is -0.940. The van der Waals surface area contributed by atoms with E-state index in [0.29, 0.717) is 11.5 Å². The summed E-state index contributed by atoms with van der Waals surface area (Å²) in [4.78, 5) is 15.4. The Morgan fingerprint density at radius 3 is 2.92 bits per heavy atom. The Bertz CT molecular complexity index is 286. The fourth-order valence-corrected chi connectivity index (χ4v) is 1.71. The van der Waals surface area contributed by atoms with Crippen LogP contribution in [0.2, 0.25) is 0 Å². The van der Waals surface area contributed by atoms with Gasteiger partial charge in [0, 0.05) is 12.8 Å². The number of carboxylic acid groups (broad SMARTS) is 1. The number of aromatic nitrogens is 1. The minimum Gasteiger partial charge on any atom is -0.479 e. The van der Waals surface area contributed by atoms with E-state index in [9.17, 15) is 4.79 Å². The normalized spacial score (nSPS) is 15.2. The van der Waals surface area contributed by atoms with Crippen LogP contribution in [-0.4, -0.2) is 22.7 Å². The second-order valence-corrected chi connectivity index (χ2v) is 3.52. The second-order valence-electron chi connectivity index (χ2n) is 2.64. The lowest BCUT2D eigenvalue weighted by Crippen LogP contribution is -2.34. The lowest BCUT2D eigenvalue weighted by atomic mass is 10.1. The van der Waals surface area contributed by atoms with Crippen molar-refractivity contribution < 1.29 is 14.6 Å². The van der Waals surface area contributed by atoms with E-state index < -0.39 is 11.6 Å². The van der Waals surface area contributed by atoms with E-state index in [-0.39, 0.29) is 0 Å². The smallest absolute Gasteiger partial charge is 0.341 e. The van der Waals surface area contributed by atoms with Gasteiger partial charge >= 0.3 is 5.97 Å². The van der Waals surface area contributed by atoms with Crippen LogP contribution in [0.5, 0.6) is 0 Å². The number of aliphatic carboxylic acids is 1. The molecule has 1 unspecified atom stereocenters. The molecule has 1 rings (SSSR count). The van der Waals surface area contributed by atoms with Crippen molar-refractivity contribution >= 4 is 17.3 Å². The molecule has 72 valence electrons. The summed E-state index contributed by atoms with van der Waals surface area (Å²) in [6.45, 7) is 3.66. The summed E-state index contributed by atoms with van der Waals surface area (Å²) in [5.41, 5.74) is 0.339. The molecule has 0 saturated carbocycles. The van der Waals surface area contributed by atoms with Crippen LogP contribution in [0, 0.1) is 0 Å². The molecule has 1 N–H and O–H groups in total. The fourth-order valence-electron chi connectivity index (χ4n) is 0.978. The Morgan fingerprint density at radius 2 is 2.54 bits per heavy atom. The highest BCUT2D eigenvalue weighted by Crippen LogP contribution is 2.28. The number of hydrogen-bond acceptors (Lipinski definition) is 4. The molecule has 13 heavy (non-hydrogen) atoms. The van der Waals surface area contributed by atoms with Crippen molar-refractivity contribution in [3.63, 3.8) is 0 Å². The van der Waals surface area contributed by atoms with Crippen molar-refractivity contribution in [3.8, 4) is 0 Å². The van der Waals surface area contributed by atoms with Crippen molar-refractivity contribution in [2.45, 2.75) is 19.4 Å². The largest absolute Gasteiger partial charge is 0.479 e. The van der Waals surface area contributed by atoms with Crippen LogP contribution >= 0.6 is 11.3 Å². The summed E-state index contributed by atoms with van der Waals surface area (Å²) in [6, 6.07) is 0. The van der Waals surface area contributed by atoms with Gasteiger partial charge in [-0.1, -0.05) is 0 Å². The molecule has 0 aromatic carbocycles. The first-order valence-electron chi connectivity index (χ1n) is 3.87. The van der Waals surface area contributed by atoms with Gasteiger partial charge in [-0.05, 0) is 13.8 Å². The average Bonchev–Trinajstić information content (AvgIpc) is 2.56. The highest BCUT2D eigenvalue weighted by Gasteiger charge is 2.37. The van der Waals surface area contributed by atoms with E-state index in [4.69, 9.17) is 9.84 Å². The molecular formula is C8H11NO3S. The van der Waals surface area contributed by atoms with Gasteiger partial charge < -0.3 is 9.84 Å². The molecule has 1 atom stereocenters. The molecule has 0 saturated heterocycles. The number of carboxylic acids is 1. The Morgan fingerprint density at radius 1 is 1.85 bits per heavy atom. The minimum absolute atomic E-state index is 0.362. The second kappa shape index (κ2) is 3.85. The zero-order valence-electron chi connectivity index (χ0n) is 7.48. The molecule has 1 heterocycles. The zero-order valence-corrected chi connectivity index (χ0v) is 8.30. The van der Waals surface area contributed by atoms with Gasteiger partial charge in [-0.2, -0.15) is 0 Å². The van der Waals surface area contributed by atoms with Gasteiger partial charge in [0.15, 0.2) is 5.60 Å². The molecule has 0 aliphatic carbocycles. The molecule has 0 aliphatic heterocycles. The highest BCUT2D eigenvalue weighted by molar-refractivity contribution is 7.09. The summed E-state index contributed by atoms with van der Waals surface area (Å²) in [5, 5.41) is 8.99. The van der Waals surface area contributed by atoms with Crippen LogP contribution in [0.1, 0.15) is 18.7 Å². The topological polar surface area (TPSA) is 59.4 Å². The lowest BCUT2D eigenvalue weighted by molar-refractivity contribution is -0.164. The maximum Gasteiger partial charge on any atom is 0.341 e. The molecule has 5 heteroatoms. The van der Waals surface area contributed by atoms with Gasteiger partial charge in [-0.3, -0.25) is 4.98 Å². The SMILES string of the molecule is CCOC(C)(C(=O)O)c1cncs1. The third-order valence-corrected chi connectivity index (χ3v) is 2.72. The van der Waals surface area contributed by atoms with Crippen LogP contribution in [-0.2, 0) is 15.1 Å². The number of carbonyl (C=O) groups is 1. The van der Waals surface area contributed by atoms with Gasteiger partial charge in [0.25, 0.3) is 0 Å². The third kappa shape index (κ3) is 1.87. The Balaban J connectivity index is 2.98. The van der Waals surface area contributed by atoms with Crippen LogP contribution in [0.15, 0.2) is 11.7 Å². The number of nitrogens with zero attached hydrogens (tertiary/aromatic N) is 1. The quantitative estimate of drug-likeness (QED) is 0.801. The van der Waals surface area contributed by atoms with Gasteiger partial charge in [-0.15, -0.1) is 11.3 Å². The molecular weight excluding hydrogens is 190 g/mol. The Kier molecular flexibility index (Phi) is 3.00. The van der Waals surface area contributed by atoms with E-state index in [2.05, 4.69) is 4.98 Å². The summed E-state index contributed by atoms with van der Waals surface area (Å²) in [7, 11) is 0. The molecule has 0 fully saturated rings. The molecule has 0 aliphatic rings. The Labute approximate surface area is 80.2 Å². The van der Waals surface area contributed by atoms with Crippen molar-refractivity contribution in [1.82, 2.24) is 4.98 Å².